The summed E-state index contributed by atoms with van der Waals surface area (Å²) in [6.45, 7) is 0. The summed E-state index contributed by atoms with van der Waals surface area (Å²) in [6.07, 6.45) is -0.995. The molecule has 0 saturated heterocycles. The lowest BCUT2D eigenvalue weighted by molar-refractivity contribution is 0.238. The molecule has 0 fully saturated rings. The highest BCUT2D eigenvalue weighted by Crippen LogP contribution is 1.53. The number of methoxy groups -OCH3 is 1. The first-order valence-corrected chi connectivity index (χ1v) is 1.06. The Labute approximate surface area is 29.2 Å². The Morgan fingerprint density at radius 3 is 2.20 bits per heavy atom. The lowest BCUT2D eigenvalue weighted by atomic mass is 11.4. The predicted octanol–water partition coefficient (Wildman–Crippen LogP) is -0.349. The summed E-state index contributed by atoms with van der Waals surface area (Å²) in [4.78, 5) is 7.61. The summed E-state index contributed by atoms with van der Waals surface area (Å²) >= 11 is 0. The first-order valence-electron chi connectivity index (χ1n) is 1.06. The van der Waals surface area contributed by atoms with Gasteiger partial charge in [0.25, 0.3) is 0 Å². The van der Waals surface area contributed by atoms with Crippen LogP contribution >= 0.6 is 0 Å². The van der Waals surface area contributed by atoms with Crippen molar-refractivity contribution in [2.45, 2.75) is 0 Å². The summed E-state index contributed by atoms with van der Waals surface area (Å²) in [6, 6.07) is 0. The number of hydrogen-bond donors (Lipinski definition) is 1. The van der Waals surface area contributed by atoms with E-state index in [-0.39, 0.29) is 0 Å². The second-order valence-corrected chi connectivity index (χ2v) is 0.487. The van der Waals surface area contributed by atoms with Crippen molar-refractivity contribution in [3.8, 4) is 0 Å². The molecule has 0 bridgehead atoms. The van der Waals surface area contributed by atoms with E-state index >= 15 is 0 Å². The van der Waals surface area contributed by atoms with Gasteiger partial charge >= 0.3 is 6.16 Å². The molecule has 0 heterocycles. The third-order valence-corrected chi connectivity index (χ3v) is 0.183. The van der Waals surface area contributed by atoms with Crippen molar-refractivity contribution in [2.75, 3.05) is 7.11 Å². The molecular formula is C2H5O3+. The van der Waals surface area contributed by atoms with Crippen molar-refractivity contribution in [2.24, 2.45) is 0 Å². The molecule has 0 rings (SSSR count). The molecule has 0 aromatic heterocycles. The fourth-order valence-electron chi connectivity index (χ4n) is 0. The zero-order valence-corrected chi connectivity index (χ0v) is 2.80. The summed E-state index contributed by atoms with van der Waals surface area (Å²) in [5.41, 5.74) is 0. The third kappa shape index (κ3) is 3.27. The van der Waals surface area contributed by atoms with Gasteiger partial charge in [0.15, 0.2) is 0 Å². The van der Waals surface area contributed by atoms with E-state index in [0.29, 0.717) is 0 Å². The van der Waals surface area contributed by atoms with Crippen molar-refractivity contribution < 1.29 is 14.6 Å². The molecule has 0 aliphatic heterocycles. The maximum Gasteiger partial charge on any atom is 0.709 e. The topological polar surface area (TPSA) is 50.9 Å². The van der Waals surface area contributed by atoms with Gasteiger partial charge in [0, 0.05) is 0 Å². The van der Waals surface area contributed by atoms with E-state index < -0.39 is 6.16 Å². The highest BCUT2D eigenvalue weighted by molar-refractivity contribution is 5.57. The molecule has 2 N–H and O–H groups in total. The number of carboxylic acid groups (broad SMARTS) is 1. The molecule has 0 radical (unpaired) electrons. The van der Waals surface area contributed by atoms with E-state index in [1.165, 1.54) is 0 Å². The van der Waals surface area contributed by atoms with Crippen LogP contribution in [0, 0.1) is 0 Å². The lowest BCUT2D eigenvalue weighted by Crippen LogP contribution is -1.95. The summed E-state index contributed by atoms with van der Waals surface area (Å²) in [5, 5.41) is 7.61. The fraction of sp³-hybridized carbons (Fsp3) is 0.500. The van der Waals surface area contributed by atoms with Crippen molar-refractivity contribution >= 4 is 6.16 Å². The Morgan fingerprint density at radius 1 is 2.00 bits per heavy atom. The van der Waals surface area contributed by atoms with Crippen LogP contribution in [0.4, 0.5) is 0 Å². The van der Waals surface area contributed by atoms with Crippen molar-refractivity contribution in [3.05, 3.63) is 0 Å². The van der Waals surface area contributed by atoms with Gasteiger partial charge in [-0.3, -0.25) is 0 Å². The van der Waals surface area contributed by atoms with Crippen LogP contribution < -0.4 is 0 Å². The van der Waals surface area contributed by atoms with Crippen LogP contribution in [0.5, 0.6) is 0 Å². The van der Waals surface area contributed by atoms with Crippen molar-refractivity contribution in [1.82, 2.24) is 0 Å². The molecule has 0 amide bonds. The summed E-state index contributed by atoms with van der Waals surface area (Å²) < 4.78 is 3.78. The van der Waals surface area contributed by atoms with Crippen LogP contribution in [0.25, 0.3) is 0 Å². The molecule has 0 aliphatic rings. The first-order chi connectivity index (χ1) is 2.27. The fourth-order valence-corrected chi connectivity index (χ4v) is 0. The molecular weight excluding hydrogens is 72.0 g/mol. The van der Waals surface area contributed by atoms with E-state index in [4.69, 9.17) is 9.90 Å². The van der Waals surface area contributed by atoms with Gasteiger partial charge in [0.1, 0.15) is 7.11 Å². The van der Waals surface area contributed by atoms with Gasteiger partial charge in [-0.2, -0.15) is 0 Å². The average Bonchev–Trinajstić information content (AvgIpc) is 1.38. The van der Waals surface area contributed by atoms with Gasteiger partial charge < -0.3 is 14.6 Å². The molecule has 3 nitrogen and oxygen atoms in total. The smallest absolute Gasteiger partial charge is 0.336 e. The van der Waals surface area contributed by atoms with Gasteiger partial charge in [-0.15, -0.1) is 0 Å². The highest BCUT2D eigenvalue weighted by Gasteiger charge is 1.95. The van der Waals surface area contributed by atoms with Gasteiger partial charge in [0.05, 0.1) is 0 Å². The Morgan fingerprint density at radius 2 is 2.20 bits per heavy atom. The second-order valence-electron chi connectivity index (χ2n) is 0.487. The Bertz CT molecular complexity index is 40.2. The van der Waals surface area contributed by atoms with Gasteiger partial charge in [-0.05, 0) is 0 Å². The van der Waals surface area contributed by atoms with E-state index in [1.54, 1.807) is 0 Å². The molecule has 3 heteroatoms. The van der Waals surface area contributed by atoms with Crippen molar-refractivity contribution in [1.29, 1.82) is 0 Å². The normalized spacial score (nSPS) is 6.60. The maximum absolute atomic E-state index is 7.61. The Balaban J connectivity index is 2.85. The minimum absolute atomic E-state index is 0.995. The molecule has 0 spiro atoms. The minimum Gasteiger partial charge on any atom is -0.336 e. The molecule has 0 aliphatic carbocycles. The second kappa shape index (κ2) is 1.58. The molecule has 5 heavy (non-hydrogen) atoms. The zero-order valence-electron chi connectivity index (χ0n) is 2.80. The number of aliphatic hydroxyl groups excluding tert-OH is 1. The first kappa shape index (κ1) is 4.27. The number of hydrogen-bond acceptors (Lipinski definition) is 1. The van der Waals surface area contributed by atoms with E-state index in [2.05, 4.69) is 4.74 Å². The molecule has 0 saturated carbocycles. The molecule has 0 atom stereocenters. The lowest BCUT2D eigenvalue weighted by Gasteiger charge is -1.67. The quantitative estimate of drug-likeness (QED) is 0.317. The molecule has 0 aromatic carbocycles. The summed E-state index contributed by atoms with van der Waals surface area (Å²) in [5.74, 6) is 0. The van der Waals surface area contributed by atoms with Gasteiger partial charge in [-0.25, -0.2) is 0 Å². The van der Waals surface area contributed by atoms with Crippen LogP contribution in [0.2, 0.25) is 0 Å². The van der Waals surface area contributed by atoms with E-state index in [1.807, 2.05) is 0 Å². The average molecular weight is 77.1 g/mol. The number of ether oxygens (including phenoxy) is 1. The van der Waals surface area contributed by atoms with Gasteiger partial charge in [0.2, 0.25) is 0 Å². The van der Waals surface area contributed by atoms with E-state index in [9.17, 15) is 0 Å². The highest BCUT2D eigenvalue weighted by atomic mass is 16.6. The molecule has 0 unspecified atom stereocenters. The van der Waals surface area contributed by atoms with Crippen LogP contribution in [0.3, 0.4) is 0 Å². The zero-order chi connectivity index (χ0) is 4.28. The third-order valence-electron chi connectivity index (χ3n) is 0.183. The number of rotatable bonds is 0. The molecule has 30 valence electrons. The largest absolute Gasteiger partial charge is 0.709 e. The van der Waals surface area contributed by atoms with Gasteiger partial charge in [-0.1, -0.05) is 0 Å². The minimum atomic E-state index is -0.995. The van der Waals surface area contributed by atoms with Crippen LogP contribution in [-0.4, -0.2) is 23.2 Å². The SMILES string of the molecule is COC(O)=[OH+]. The van der Waals surface area contributed by atoms with Crippen LogP contribution in [-0.2, 0) is 4.74 Å². The monoisotopic (exact) mass is 77.0 g/mol. The van der Waals surface area contributed by atoms with Crippen LogP contribution in [0.1, 0.15) is 0 Å². The standard InChI is InChI=1S/C2H4O3/c1-5-2(3)4/h1H3,(H,3,4)/p+1. The van der Waals surface area contributed by atoms with Crippen molar-refractivity contribution in [3.63, 3.8) is 0 Å². The Hall–Kier alpha value is -0.730. The van der Waals surface area contributed by atoms with Crippen LogP contribution in [0.15, 0.2) is 0 Å². The molecule has 0 aromatic rings. The maximum atomic E-state index is 7.61. The van der Waals surface area contributed by atoms with E-state index in [0.717, 1.165) is 7.11 Å². The summed E-state index contributed by atoms with van der Waals surface area (Å²) in [7, 11) is 1.16. The predicted molar refractivity (Wildman–Crippen MR) is 16.6 cm³/mol. The Kier molecular flexibility index (Phi) is 1.35.